The number of hydrogen-bond donors (Lipinski definition) is 2. The van der Waals surface area contributed by atoms with Gasteiger partial charge in [0.25, 0.3) is 0 Å². The minimum atomic E-state index is -0.966. The number of anilines is 2. The Morgan fingerprint density at radius 2 is 1.84 bits per heavy atom. The number of carbonyl (C=O) groups is 1. The minimum Gasteiger partial charge on any atom is -0.478 e. The summed E-state index contributed by atoms with van der Waals surface area (Å²) >= 11 is 0. The molecule has 0 bridgehead atoms. The number of benzene rings is 2. The van der Waals surface area contributed by atoms with Crippen LogP contribution in [0.2, 0.25) is 0 Å². The molecule has 2 aromatic carbocycles. The van der Waals surface area contributed by atoms with Gasteiger partial charge in [-0.25, -0.2) is 14.8 Å². The van der Waals surface area contributed by atoms with Gasteiger partial charge in [-0.2, -0.15) is 0 Å². The number of carboxylic acids is 1. The predicted octanol–water partition coefficient (Wildman–Crippen LogP) is 5.85. The van der Waals surface area contributed by atoms with Crippen LogP contribution in [0.1, 0.15) is 35.0 Å². The summed E-state index contributed by atoms with van der Waals surface area (Å²) in [5.74, 6) is 1.57. The van der Waals surface area contributed by atoms with Crippen LogP contribution in [0.4, 0.5) is 11.5 Å². The number of carboxylic acid groups (broad SMARTS) is 1. The first-order valence-electron chi connectivity index (χ1n) is 9.96. The first-order chi connectivity index (χ1) is 15.2. The van der Waals surface area contributed by atoms with E-state index in [1.165, 1.54) is 12.1 Å². The Bertz CT molecular complexity index is 1220. The van der Waals surface area contributed by atoms with Crippen molar-refractivity contribution >= 4 is 17.5 Å². The van der Waals surface area contributed by atoms with Crippen molar-refractivity contribution in [1.82, 2.24) is 9.97 Å². The third-order valence-electron chi connectivity index (χ3n) is 4.93. The molecule has 154 valence electrons. The molecule has 1 saturated carbocycles. The molecule has 5 rings (SSSR count). The van der Waals surface area contributed by atoms with E-state index in [0.29, 0.717) is 35.0 Å². The number of ether oxygens (including phenoxy) is 1. The van der Waals surface area contributed by atoms with Crippen molar-refractivity contribution in [3.63, 3.8) is 0 Å². The fourth-order valence-electron chi connectivity index (χ4n) is 3.17. The van der Waals surface area contributed by atoms with Gasteiger partial charge in [0.2, 0.25) is 5.89 Å². The molecule has 0 spiro atoms. The molecule has 0 aliphatic heterocycles. The van der Waals surface area contributed by atoms with Crippen molar-refractivity contribution in [1.29, 1.82) is 0 Å². The maximum absolute atomic E-state index is 11.0. The highest BCUT2D eigenvalue weighted by Gasteiger charge is 2.31. The van der Waals surface area contributed by atoms with E-state index in [2.05, 4.69) is 15.3 Å². The molecule has 0 unspecified atom stereocenters. The maximum Gasteiger partial charge on any atom is 0.335 e. The summed E-state index contributed by atoms with van der Waals surface area (Å²) in [7, 11) is 0. The summed E-state index contributed by atoms with van der Waals surface area (Å²) in [6, 6.07) is 19.7. The number of oxazole rings is 1. The van der Waals surface area contributed by atoms with E-state index >= 15 is 0 Å². The summed E-state index contributed by atoms with van der Waals surface area (Å²) < 4.78 is 12.0. The van der Waals surface area contributed by atoms with Gasteiger partial charge in [-0.15, -0.1) is 0 Å². The normalized spacial score (nSPS) is 13.0. The lowest BCUT2D eigenvalue weighted by atomic mass is 10.2. The van der Waals surface area contributed by atoms with E-state index in [0.717, 1.165) is 24.1 Å². The molecule has 1 aliphatic rings. The molecule has 0 saturated heterocycles. The summed E-state index contributed by atoms with van der Waals surface area (Å²) in [5, 5.41) is 12.2. The van der Waals surface area contributed by atoms with Gasteiger partial charge in [0.05, 0.1) is 5.56 Å². The zero-order chi connectivity index (χ0) is 21.2. The lowest BCUT2D eigenvalue weighted by Gasteiger charge is -2.08. The molecule has 0 radical (unpaired) electrons. The zero-order valence-corrected chi connectivity index (χ0v) is 16.5. The van der Waals surface area contributed by atoms with E-state index in [9.17, 15) is 4.79 Å². The Morgan fingerprint density at radius 3 is 2.55 bits per heavy atom. The van der Waals surface area contributed by atoms with Gasteiger partial charge in [0.15, 0.2) is 5.69 Å². The SMILES string of the molecule is O=C(O)c1ccc(Nc2cc(Oc3oc(C4CC4)nc3-c3ccccc3)ccn2)cc1. The third-order valence-corrected chi connectivity index (χ3v) is 4.93. The highest BCUT2D eigenvalue weighted by molar-refractivity contribution is 5.88. The number of hydrogen-bond acceptors (Lipinski definition) is 6. The average molecular weight is 413 g/mol. The Labute approximate surface area is 178 Å². The zero-order valence-electron chi connectivity index (χ0n) is 16.5. The van der Waals surface area contributed by atoms with Crippen LogP contribution in [0.3, 0.4) is 0 Å². The van der Waals surface area contributed by atoms with Gasteiger partial charge in [0, 0.05) is 29.4 Å². The first-order valence-corrected chi connectivity index (χ1v) is 9.96. The summed E-state index contributed by atoms with van der Waals surface area (Å²) in [6.45, 7) is 0. The quantitative estimate of drug-likeness (QED) is 0.392. The van der Waals surface area contributed by atoms with Gasteiger partial charge in [0.1, 0.15) is 11.6 Å². The van der Waals surface area contributed by atoms with Crippen LogP contribution >= 0.6 is 0 Å². The highest BCUT2D eigenvalue weighted by atomic mass is 16.6. The minimum absolute atomic E-state index is 0.223. The van der Waals surface area contributed by atoms with Crippen molar-refractivity contribution in [2.24, 2.45) is 0 Å². The summed E-state index contributed by atoms with van der Waals surface area (Å²) in [5.41, 5.74) is 2.55. The molecule has 1 fully saturated rings. The van der Waals surface area contributed by atoms with Gasteiger partial charge in [-0.05, 0) is 43.2 Å². The topological polar surface area (TPSA) is 97.5 Å². The number of aromatic nitrogens is 2. The van der Waals surface area contributed by atoms with Crippen LogP contribution in [0.15, 0.2) is 77.3 Å². The number of aromatic carboxylic acids is 1. The molecule has 31 heavy (non-hydrogen) atoms. The first kappa shape index (κ1) is 18.9. The van der Waals surface area contributed by atoms with E-state index < -0.39 is 5.97 Å². The van der Waals surface area contributed by atoms with Crippen LogP contribution in [-0.2, 0) is 0 Å². The lowest BCUT2D eigenvalue weighted by molar-refractivity contribution is 0.0697. The van der Waals surface area contributed by atoms with Crippen molar-refractivity contribution in [3.8, 4) is 23.0 Å². The molecular weight excluding hydrogens is 394 g/mol. The van der Waals surface area contributed by atoms with Crippen LogP contribution < -0.4 is 10.1 Å². The average Bonchev–Trinajstić information content (AvgIpc) is 3.56. The van der Waals surface area contributed by atoms with Gasteiger partial charge in [-0.3, -0.25) is 0 Å². The molecule has 0 amide bonds. The van der Waals surface area contributed by atoms with Crippen molar-refractivity contribution in [3.05, 3.63) is 84.4 Å². The monoisotopic (exact) mass is 413 g/mol. The Kier molecular flexibility index (Phi) is 4.84. The number of rotatable bonds is 7. The van der Waals surface area contributed by atoms with Crippen LogP contribution in [0, 0.1) is 0 Å². The Morgan fingerprint density at radius 1 is 1.06 bits per heavy atom. The van der Waals surface area contributed by atoms with Crippen molar-refractivity contribution in [2.45, 2.75) is 18.8 Å². The maximum atomic E-state index is 11.0. The number of nitrogens with zero attached hydrogens (tertiary/aromatic N) is 2. The lowest BCUT2D eigenvalue weighted by Crippen LogP contribution is -1.97. The molecule has 4 aromatic rings. The van der Waals surface area contributed by atoms with Gasteiger partial charge >= 0.3 is 11.9 Å². The van der Waals surface area contributed by atoms with E-state index in [-0.39, 0.29) is 5.56 Å². The Hall–Kier alpha value is -4.13. The molecule has 2 aromatic heterocycles. The summed E-state index contributed by atoms with van der Waals surface area (Å²) in [6.07, 6.45) is 3.79. The van der Waals surface area contributed by atoms with Crippen molar-refractivity contribution < 1.29 is 19.1 Å². The Balaban J connectivity index is 1.39. The molecule has 2 heterocycles. The predicted molar refractivity (Wildman–Crippen MR) is 115 cm³/mol. The van der Waals surface area contributed by atoms with Crippen LogP contribution in [0.25, 0.3) is 11.3 Å². The van der Waals surface area contributed by atoms with Crippen molar-refractivity contribution in [2.75, 3.05) is 5.32 Å². The van der Waals surface area contributed by atoms with Gasteiger partial charge < -0.3 is 19.6 Å². The molecule has 1 aliphatic carbocycles. The second-order valence-corrected chi connectivity index (χ2v) is 7.31. The number of pyridine rings is 1. The third kappa shape index (κ3) is 4.25. The van der Waals surface area contributed by atoms with E-state index in [4.69, 9.17) is 14.3 Å². The standard InChI is InChI=1S/C24H19N3O4/c28-23(29)17-8-10-18(11-9-17)26-20-14-19(12-13-25-20)30-24-21(15-4-2-1-3-5-15)27-22(31-24)16-6-7-16/h1-5,8-14,16H,6-7H2,(H,25,26)(H,28,29). The molecule has 0 atom stereocenters. The van der Waals surface area contributed by atoms with E-state index in [1.807, 2.05) is 30.3 Å². The molecule has 7 nitrogen and oxygen atoms in total. The van der Waals surface area contributed by atoms with E-state index in [1.54, 1.807) is 30.5 Å². The molecular formula is C24H19N3O4. The highest BCUT2D eigenvalue weighted by Crippen LogP contribution is 2.44. The second-order valence-electron chi connectivity index (χ2n) is 7.31. The molecule has 7 heteroatoms. The number of nitrogens with one attached hydrogen (secondary N) is 1. The molecule has 2 N–H and O–H groups in total. The largest absolute Gasteiger partial charge is 0.478 e. The van der Waals surface area contributed by atoms with Crippen LogP contribution in [0.5, 0.6) is 11.7 Å². The van der Waals surface area contributed by atoms with Crippen LogP contribution in [-0.4, -0.2) is 21.0 Å². The fourth-order valence-corrected chi connectivity index (χ4v) is 3.17. The fraction of sp³-hybridized carbons (Fsp3) is 0.125. The second kappa shape index (κ2) is 7.95. The summed E-state index contributed by atoms with van der Waals surface area (Å²) in [4.78, 5) is 20.0. The smallest absolute Gasteiger partial charge is 0.335 e. The van der Waals surface area contributed by atoms with Gasteiger partial charge in [-0.1, -0.05) is 30.3 Å².